The summed E-state index contributed by atoms with van der Waals surface area (Å²) in [5, 5.41) is 9.18. The summed E-state index contributed by atoms with van der Waals surface area (Å²) in [6.45, 7) is 1.61. The van der Waals surface area contributed by atoms with Crippen LogP contribution in [0.2, 0.25) is 0 Å². The minimum absolute atomic E-state index is 0.0229. The number of nitrogens with zero attached hydrogens (tertiary/aromatic N) is 1. The Hall–Kier alpha value is -1.58. The topological polar surface area (TPSA) is 40.5 Å². The summed E-state index contributed by atoms with van der Waals surface area (Å²) in [7, 11) is 3.09. The van der Waals surface area contributed by atoms with Gasteiger partial charge in [0.1, 0.15) is 11.6 Å². The van der Waals surface area contributed by atoms with Crippen LogP contribution >= 0.6 is 0 Å². The lowest BCUT2D eigenvalue weighted by Crippen LogP contribution is -2.22. The first-order valence-corrected chi connectivity index (χ1v) is 4.14. The first-order valence-electron chi connectivity index (χ1n) is 4.14. The van der Waals surface area contributed by atoms with Crippen molar-refractivity contribution < 1.29 is 14.3 Å². The highest BCUT2D eigenvalue weighted by molar-refractivity contribution is 5.94. The van der Waals surface area contributed by atoms with E-state index in [2.05, 4.69) is 0 Å². The second kappa shape index (κ2) is 3.65. The third-order valence-electron chi connectivity index (χ3n) is 1.92. The summed E-state index contributed by atoms with van der Waals surface area (Å²) in [6, 6.07) is 2.29. The molecule has 0 radical (unpaired) electrons. The lowest BCUT2D eigenvalue weighted by atomic mass is 10.1. The van der Waals surface area contributed by atoms with Crippen LogP contribution in [0.4, 0.5) is 4.39 Å². The highest BCUT2D eigenvalue weighted by Crippen LogP contribution is 2.21. The minimum atomic E-state index is -0.702. The smallest absolute Gasteiger partial charge is 0.256 e. The second-order valence-electron chi connectivity index (χ2n) is 3.32. The Morgan fingerprint density at radius 3 is 2.50 bits per heavy atom. The van der Waals surface area contributed by atoms with Gasteiger partial charge in [-0.3, -0.25) is 4.79 Å². The van der Waals surface area contributed by atoms with Gasteiger partial charge in [-0.2, -0.15) is 0 Å². The lowest BCUT2D eigenvalue weighted by Gasteiger charge is -2.11. The van der Waals surface area contributed by atoms with Crippen LogP contribution < -0.4 is 0 Å². The van der Waals surface area contributed by atoms with Crippen LogP contribution in [-0.4, -0.2) is 30.0 Å². The van der Waals surface area contributed by atoms with Crippen molar-refractivity contribution in [2.75, 3.05) is 14.1 Å². The molecule has 1 N–H and O–H groups in total. The third-order valence-corrected chi connectivity index (χ3v) is 1.92. The van der Waals surface area contributed by atoms with Crippen molar-refractivity contribution in [1.82, 2.24) is 4.90 Å². The van der Waals surface area contributed by atoms with E-state index in [-0.39, 0.29) is 11.3 Å². The molecule has 0 atom stereocenters. The molecule has 1 aromatic rings. The number of aromatic hydroxyl groups is 1. The first-order chi connectivity index (χ1) is 6.43. The fourth-order valence-corrected chi connectivity index (χ4v) is 1.08. The van der Waals surface area contributed by atoms with E-state index >= 15 is 0 Å². The second-order valence-corrected chi connectivity index (χ2v) is 3.32. The van der Waals surface area contributed by atoms with Gasteiger partial charge in [-0.25, -0.2) is 4.39 Å². The van der Waals surface area contributed by atoms with Gasteiger partial charge in [0.2, 0.25) is 0 Å². The van der Waals surface area contributed by atoms with Crippen molar-refractivity contribution in [3.8, 4) is 5.75 Å². The maximum Gasteiger partial charge on any atom is 0.256 e. The number of hydrogen-bond acceptors (Lipinski definition) is 2. The van der Waals surface area contributed by atoms with E-state index in [0.29, 0.717) is 5.56 Å². The molecule has 0 saturated carbocycles. The Morgan fingerprint density at radius 1 is 1.43 bits per heavy atom. The number of benzene rings is 1. The molecule has 76 valence electrons. The summed E-state index contributed by atoms with van der Waals surface area (Å²) in [5.41, 5.74) is 0.460. The van der Waals surface area contributed by atoms with Gasteiger partial charge in [0.25, 0.3) is 5.91 Å². The number of aryl methyl sites for hydroxylation is 1. The minimum Gasteiger partial charge on any atom is -0.508 e. The van der Waals surface area contributed by atoms with Crippen LogP contribution in [0.25, 0.3) is 0 Å². The highest BCUT2D eigenvalue weighted by Gasteiger charge is 2.15. The van der Waals surface area contributed by atoms with Crippen LogP contribution in [0.5, 0.6) is 5.75 Å². The number of halogens is 1. The van der Waals surface area contributed by atoms with Crippen LogP contribution in [0.1, 0.15) is 15.9 Å². The molecule has 0 aliphatic rings. The van der Waals surface area contributed by atoms with Crippen molar-refractivity contribution in [3.05, 3.63) is 29.1 Å². The van der Waals surface area contributed by atoms with E-state index in [9.17, 15) is 14.3 Å². The van der Waals surface area contributed by atoms with E-state index < -0.39 is 11.7 Å². The zero-order chi connectivity index (χ0) is 10.9. The first kappa shape index (κ1) is 10.5. The fourth-order valence-electron chi connectivity index (χ4n) is 1.08. The summed E-state index contributed by atoms with van der Waals surface area (Å²) < 4.78 is 13.2. The van der Waals surface area contributed by atoms with Crippen LogP contribution in [-0.2, 0) is 0 Å². The predicted octanol–water partition coefficient (Wildman–Crippen LogP) is 1.54. The van der Waals surface area contributed by atoms with Crippen molar-refractivity contribution in [2.45, 2.75) is 6.92 Å². The van der Waals surface area contributed by atoms with E-state index in [1.807, 2.05) is 0 Å². The molecule has 1 amide bonds. The Labute approximate surface area is 81.8 Å². The van der Waals surface area contributed by atoms with Gasteiger partial charge in [0.05, 0.1) is 5.56 Å². The number of carbonyl (C=O) groups excluding carboxylic acids is 1. The molecule has 1 aromatic carbocycles. The molecule has 0 fully saturated rings. The number of hydrogen-bond donors (Lipinski definition) is 1. The molecule has 0 aliphatic heterocycles. The molecular weight excluding hydrogens is 185 g/mol. The van der Waals surface area contributed by atoms with E-state index in [4.69, 9.17) is 0 Å². The maximum absolute atomic E-state index is 13.2. The van der Waals surface area contributed by atoms with Crippen molar-refractivity contribution in [2.24, 2.45) is 0 Å². The predicted molar refractivity (Wildman–Crippen MR) is 50.8 cm³/mol. The fraction of sp³-hybridized carbons (Fsp3) is 0.300. The van der Waals surface area contributed by atoms with Gasteiger partial charge >= 0.3 is 0 Å². The maximum atomic E-state index is 13.2. The molecule has 0 unspecified atom stereocenters. The molecule has 0 aliphatic carbocycles. The largest absolute Gasteiger partial charge is 0.508 e. The van der Waals surface area contributed by atoms with Gasteiger partial charge < -0.3 is 10.0 Å². The summed E-state index contributed by atoms with van der Waals surface area (Å²) >= 11 is 0. The highest BCUT2D eigenvalue weighted by atomic mass is 19.1. The zero-order valence-corrected chi connectivity index (χ0v) is 8.34. The zero-order valence-electron chi connectivity index (χ0n) is 8.34. The standard InChI is InChI=1S/C10H12FNO2/c1-6-4-7(10(14)12(2)3)8(11)5-9(6)13/h4-5,13H,1-3H3. The molecule has 0 aromatic heterocycles. The van der Waals surface area contributed by atoms with Crippen LogP contribution in [0, 0.1) is 12.7 Å². The summed E-state index contributed by atoms with van der Waals surface area (Å²) in [4.78, 5) is 12.7. The lowest BCUT2D eigenvalue weighted by molar-refractivity contribution is 0.0823. The number of phenolic OH excluding ortho intramolecular Hbond substituents is 1. The van der Waals surface area contributed by atoms with Gasteiger partial charge in [-0.1, -0.05) is 0 Å². The molecule has 1 rings (SSSR count). The van der Waals surface area contributed by atoms with Gasteiger partial charge in [0.15, 0.2) is 0 Å². The summed E-state index contributed by atoms with van der Waals surface area (Å²) in [6.07, 6.45) is 0. The average molecular weight is 197 g/mol. The Morgan fingerprint density at radius 2 is 2.00 bits per heavy atom. The normalized spacial score (nSPS) is 10.0. The van der Waals surface area contributed by atoms with E-state index in [1.54, 1.807) is 21.0 Å². The number of carbonyl (C=O) groups is 1. The van der Waals surface area contributed by atoms with Crippen molar-refractivity contribution in [1.29, 1.82) is 0 Å². The van der Waals surface area contributed by atoms with Crippen LogP contribution in [0.3, 0.4) is 0 Å². The van der Waals surface area contributed by atoms with Gasteiger partial charge in [-0.05, 0) is 18.6 Å². The molecule has 0 spiro atoms. The molecular formula is C10H12FNO2. The number of amides is 1. The molecule has 4 heteroatoms. The number of rotatable bonds is 1. The Balaban J connectivity index is 3.22. The van der Waals surface area contributed by atoms with Crippen LogP contribution in [0.15, 0.2) is 12.1 Å². The van der Waals surface area contributed by atoms with Crippen molar-refractivity contribution >= 4 is 5.91 Å². The quantitative estimate of drug-likeness (QED) is 0.741. The van der Waals surface area contributed by atoms with E-state index in [1.165, 1.54) is 11.0 Å². The Bertz CT molecular complexity index is 375. The monoisotopic (exact) mass is 197 g/mol. The Kier molecular flexibility index (Phi) is 2.74. The molecule has 0 saturated heterocycles. The molecule has 14 heavy (non-hydrogen) atoms. The van der Waals surface area contributed by atoms with Gasteiger partial charge in [0, 0.05) is 20.2 Å². The molecule has 3 nitrogen and oxygen atoms in total. The number of phenols is 1. The van der Waals surface area contributed by atoms with Gasteiger partial charge in [-0.15, -0.1) is 0 Å². The van der Waals surface area contributed by atoms with Crippen molar-refractivity contribution in [3.63, 3.8) is 0 Å². The molecule has 0 heterocycles. The third kappa shape index (κ3) is 1.84. The van der Waals surface area contributed by atoms with E-state index in [0.717, 1.165) is 6.07 Å². The SMILES string of the molecule is Cc1cc(C(=O)N(C)C)c(F)cc1O. The molecule has 0 bridgehead atoms. The summed E-state index contributed by atoms with van der Waals surface area (Å²) in [5.74, 6) is -1.25. The average Bonchev–Trinajstić information content (AvgIpc) is 2.10.